The van der Waals surface area contributed by atoms with Crippen molar-refractivity contribution in [2.24, 2.45) is 5.92 Å². The second kappa shape index (κ2) is 10.4. The summed E-state index contributed by atoms with van der Waals surface area (Å²) in [6.07, 6.45) is 2.20. The van der Waals surface area contributed by atoms with Crippen molar-refractivity contribution in [2.45, 2.75) is 39.2 Å². The third-order valence-electron chi connectivity index (χ3n) is 6.76. The molecule has 1 aliphatic rings. The van der Waals surface area contributed by atoms with Crippen molar-refractivity contribution in [1.29, 1.82) is 0 Å². The lowest BCUT2D eigenvalue weighted by Crippen LogP contribution is -2.35. The first-order valence-electron chi connectivity index (χ1n) is 11.1. The van der Waals surface area contributed by atoms with Crippen LogP contribution in [-0.2, 0) is 6.54 Å². The SMILES string of the molecule is Cc1sc(N)c(C(=O)c2ccc(Cl)cc2)c1CN1CCC([C@H](C)c2ccc(Cl)c(Cl)c2)CC1. The Labute approximate surface area is 214 Å². The standard InChI is InChI=1S/C26H27Cl3N2OS/c1-15(19-5-8-22(28)23(29)13-19)17-9-11-31(12-10-17)14-21-16(2)33-26(30)24(21)25(32)18-3-6-20(27)7-4-18/h3-8,13,15,17H,9-12,14,30H2,1-2H3/t15-/m0/s1. The number of piperidine rings is 1. The smallest absolute Gasteiger partial charge is 0.196 e. The fourth-order valence-corrected chi connectivity index (χ4v) is 6.06. The zero-order valence-electron chi connectivity index (χ0n) is 18.7. The molecular formula is C26H27Cl3N2OS. The number of nitrogens with two attached hydrogens (primary N) is 1. The number of anilines is 1. The van der Waals surface area contributed by atoms with Gasteiger partial charge in [0.25, 0.3) is 0 Å². The molecule has 0 aliphatic carbocycles. The number of ketones is 1. The van der Waals surface area contributed by atoms with E-state index in [0.29, 0.717) is 43.0 Å². The zero-order chi connectivity index (χ0) is 23.7. The molecule has 1 fully saturated rings. The average molecular weight is 522 g/mol. The maximum Gasteiger partial charge on any atom is 0.196 e. The minimum Gasteiger partial charge on any atom is -0.390 e. The number of likely N-dealkylation sites (tertiary alicyclic amines) is 1. The molecule has 0 saturated carbocycles. The topological polar surface area (TPSA) is 46.3 Å². The Hall–Kier alpha value is -1.56. The molecule has 2 heterocycles. The van der Waals surface area contributed by atoms with Crippen LogP contribution in [0.1, 0.15) is 57.6 Å². The van der Waals surface area contributed by atoms with Crippen LogP contribution in [0.5, 0.6) is 0 Å². The number of hydrogen-bond acceptors (Lipinski definition) is 4. The average Bonchev–Trinajstić information content (AvgIpc) is 3.08. The third-order valence-corrected chi connectivity index (χ3v) is 8.73. The fraction of sp³-hybridized carbons (Fsp3) is 0.346. The minimum atomic E-state index is -0.0355. The van der Waals surface area contributed by atoms with Crippen LogP contribution in [-0.4, -0.2) is 23.8 Å². The summed E-state index contributed by atoms with van der Waals surface area (Å²) >= 11 is 19.8. The summed E-state index contributed by atoms with van der Waals surface area (Å²) in [5, 5.41) is 2.41. The molecular weight excluding hydrogens is 495 g/mol. The number of hydrogen-bond donors (Lipinski definition) is 1. The first-order valence-corrected chi connectivity index (χ1v) is 13.0. The van der Waals surface area contributed by atoms with E-state index in [2.05, 4.69) is 17.9 Å². The molecule has 2 aromatic carbocycles. The molecule has 3 aromatic rings. The number of rotatable bonds is 6. The van der Waals surface area contributed by atoms with Crippen molar-refractivity contribution in [2.75, 3.05) is 18.8 Å². The van der Waals surface area contributed by atoms with Crippen LogP contribution in [0.3, 0.4) is 0 Å². The van der Waals surface area contributed by atoms with Crippen LogP contribution in [0.2, 0.25) is 15.1 Å². The highest BCUT2D eigenvalue weighted by atomic mass is 35.5. The number of nitrogens with zero attached hydrogens (tertiary/aromatic N) is 1. The first kappa shape index (κ1) is 24.6. The van der Waals surface area contributed by atoms with Gasteiger partial charge < -0.3 is 5.73 Å². The molecule has 4 rings (SSSR count). The van der Waals surface area contributed by atoms with Gasteiger partial charge in [-0.05, 0) is 92.2 Å². The first-order chi connectivity index (χ1) is 15.7. The predicted molar refractivity (Wildman–Crippen MR) is 141 cm³/mol. The molecule has 0 unspecified atom stereocenters. The molecule has 1 atom stereocenters. The molecule has 0 radical (unpaired) electrons. The monoisotopic (exact) mass is 520 g/mol. The molecule has 1 saturated heterocycles. The van der Waals surface area contributed by atoms with Crippen molar-refractivity contribution < 1.29 is 4.79 Å². The zero-order valence-corrected chi connectivity index (χ0v) is 21.8. The third kappa shape index (κ3) is 5.41. The Bertz CT molecular complexity index is 1150. The van der Waals surface area contributed by atoms with Gasteiger partial charge in [-0.3, -0.25) is 9.69 Å². The molecule has 174 valence electrons. The summed E-state index contributed by atoms with van der Waals surface area (Å²) in [4.78, 5) is 16.8. The summed E-state index contributed by atoms with van der Waals surface area (Å²) in [6, 6.07) is 13.0. The number of carbonyl (C=O) groups is 1. The minimum absolute atomic E-state index is 0.0355. The molecule has 7 heteroatoms. The van der Waals surface area contributed by atoms with Gasteiger partial charge in [-0.1, -0.05) is 47.8 Å². The van der Waals surface area contributed by atoms with Crippen LogP contribution < -0.4 is 5.73 Å². The van der Waals surface area contributed by atoms with E-state index in [-0.39, 0.29) is 5.78 Å². The fourth-order valence-electron chi connectivity index (χ4n) is 4.69. The lowest BCUT2D eigenvalue weighted by atomic mass is 9.81. The summed E-state index contributed by atoms with van der Waals surface area (Å²) in [5.74, 6) is 0.969. The molecule has 0 amide bonds. The van der Waals surface area contributed by atoms with E-state index in [0.717, 1.165) is 42.9 Å². The Balaban J connectivity index is 1.45. The molecule has 33 heavy (non-hydrogen) atoms. The summed E-state index contributed by atoms with van der Waals surface area (Å²) in [5.41, 5.74) is 9.84. The highest BCUT2D eigenvalue weighted by Gasteiger charge is 2.28. The second-order valence-electron chi connectivity index (χ2n) is 8.79. The van der Waals surface area contributed by atoms with E-state index < -0.39 is 0 Å². The summed E-state index contributed by atoms with van der Waals surface area (Å²) < 4.78 is 0. The van der Waals surface area contributed by atoms with E-state index in [1.54, 1.807) is 24.3 Å². The Morgan fingerprint density at radius 1 is 1.09 bits per heavy atom. The maximum absolute atomic E-state index is 13.2. The second-order valence-corrected chi connectivity index (χ2v) is 11.3. The molecule has 3 nitrogen and oxygen atoms in total. The van der Waals surface area contributed by atoms with Gasteiger partial charge in [-0.2, -0.15) is 0 Å². The number of nitrogen functional groups attached to an aromatic ring is 1. The highest BCUT2D eigenvalue weighted by molar-refractivity contribution is 7.16. The van der Waals surface area contributed by atoms with E-state index in [9.17, 15) is 4.79 Å². The van der Waals surface area contributed by atoms with Crippen molar-refractivity contribution >= 4 is 56.9 Å². The van der Waals surface area contributed by atoms with Gasteiger partial charge in [0.1, 0.15) is 0 Å². The van der Waals surface area contributed by atoms with Gasteiger partial charge in [-0.25, -0.2) is 0 Å². The number of aryl methyl sites for hydroxylation is 1. The van der Waals surface area contributed by atoms with Gasteiger partial charge in [0.15, 0.2) is 5.78 Å². The van der Waals surface area contributed by atoms with Crippen LogP contribution in [0.25, 0.3) is 0 Å². The molecule has 1 aliphatic heterocycles. The van der Waals surface area contributed by atoms with Gasteiger partial charge in [-0.15, -0.1) is 11.3 Å². The van der Waals surface area contributed by atoms with Crippen molar-refractivity contribution in [3.8, 4) is 0 Å². The predicted octanol–water partition coefficient (Wildman–Crippen LogP) is 7.85. The van der Waals surface area contributed by atoms with E-state index in [1.165, 1.54) is 16.9 Å². The number of thiophene rings is 1. The maximum atomic E-state index is 13.2. The molecule has 2 N–H and O–H groups in total. The van der Waals surface area contributed by atoms with Crippen LogP contribution >= 0.6 is 46.1 Å². The van der Waals surface area contributed by atoms with Crippen LogP contribution in [0, 0.1) is 12.8 Å². The number of halogens is 3. The number of carbonyl (C=O) groups excluding carboxylic acids is 1. The lowest BCUT2D eigenvalue weighted by Gasteiger charge is -2.35. The van der Waals surface area contributed by atoms with E-state index in [1.807, 2.05) is 19.1 Å². The van der Waals surface area contributed by atoms with E-state index in [4.69, 9.17) is 40.5 Å². The van der Waals surface area contributed by atoms with E-state index >= 15 is 0 Å². The Morgan fingerprint density at radius 2 is 1.76 bits per heavy atom. The molecule has 0 bridgehead atoms. The highest BCUT2D eigenvalue weighted by Crippen LogP contribution is 2.37. The summed E-state index contributed by atoms with van der Waals surface area (Å²) in [6.45, 7) is 7.03. The van der Waals surface area contributed by atoms with Crippen LogP contribution in [0.15, 0.2) is 42.5 Å². The molecule has 1 aromatic heterocycles. The summed E-state index contributed by atoms with van der Waals surface area (Å²) in [7, 11) is 0. The number of benzene rings is 2. The van der Waals surface area contributed by atoms with Crippen molar-refractivity contribution in [3.63, 3.8) is 0 Å². The molecule has 0 spiro atoms. The van der Waals surface area contributed by atoms with Gasteiger partial charge in [0.2, 0.25) is 0 Å². The lowest BCUT2D eigenvalue weighted by molar-refractivity contribution is 0.103. The van der Waals surface area contributed by atoms with Gasteiger partial charge in [0, 0.05) is 22.0 Å². The van der Waals surface area contributed by atoms with Gasteiger partial charge >= 0.3 is 0 Å². The van der Waals surface area contributed by atoms with Crippen LogP contribution in [0.4, 0.5) is 5.00 Å². The quantitative estimate of drug-likeness (QED) is 0.336. The Kier molecular flexibility index (Phi) is 7.72. The Morgan fingerprint density at radius 3 is 2.39 bits per heavy atom. The van der Waals surface area contributed by atoms with Crippen molar-refractivity contribution in [3.05, 3.63) is 84.7 Å². The van der Waals surface area contributed by atoms with Crippen molar-refractivity contribution in [1.82, 2.24) is 4.90 Å². The normalized spacial score (nSPS) is 16.2. The largest absolute Gasteiger partial charge is 0.390 e. The van der Waals surface area contributed by atoms with Gasteiger partial charge in [0.05, 0.1) is 20.6 Å².